The van der Waals surface area contributed by atoms with Gasteiger partial charge in [-0.2, -0.15) is 0 Å². The Morgan fingerprint density at radius 2 is 1.88 bits per heavy atom. The Balaban J connectivity index is 1.59. The van der Waals surface area contributed by atoms with Crippen molar-refractivity contribution in [3.05, 3.63) is 71.9 Å². The number of nitrogens with zero attached hydrogens (tertiary/aromatic N) is 1. The van der Waals surface area contributed by atoms with E-state index in [0.717, 1.165) is 22.0 Å². The summed E-state index contributed by atoms with van der Waals surface area (Å²) in [6.45, 7) is 0.197. The first-order valence-corrected chi connectivity index (χ1v) is 11.4. The molecule has 2 amide bonds. The Morgan fingerprint density at radius 1 is 1.15 bits per heavy atom. The Morgan fingerprint density at radius 3 is 2.65 bits per heavy atom. The molecule has 0 bridgehead atoms. The molecular formula is C26H29N3O5. The monoisotopic (exact) mass is 463 g/mol. The number of rotatable bonds is 9. The summed E-state index contributed by atoms with van der Waals surface area (Å²) in [4.78, 5) is 42.2. The number of amides is 2. The molecule has 8 heteroatoms. The lowest BCUT2D eigenvalue weighted by molar-refractivity contribution is -0.200. The quantitative estimate of drug-likeness (QED) is 0.422. The number of aromatic amines is 1. The number of hydroxylamine groups is 2. The van der Waals surface area contributed by atoms with Gasteiger partial charge in [0.25, 0.3) is 5.91 Å². The van der Waals surface area contributed by atoms with Gasteiger partial charge >= 0.3 is 0 Å². The fourth-order valence-electron chi connectivity index (χ4n) is 4.56. The van der Waals surface area contributed by atoms with Gasteiger partial charge < -0.3 is 15.0 Å². The van der Waals surface area contributed by atoms with Crippen molar-refractivity contribution in [1.82, 2.24) is 15.4 Å². The first-order valence-electron chi connectivity index (χ1n) is 11.4. The van der Waals surface area contributed by atoms with E-state index in [4.69, 9.17) is 4.74 Å². The summed E-state index contributed by atoms with van der Waals surface area (Å²) in [5.74, 6) is -2.55. The molecule has 2 heterocycles. The van der Waals surface area contributed by atoms with Crippen molar-refractivity contribution in [1.29, 1.82) is 0 Å². The lowest BCUT2D eigenvalue weighted by Crippen LogP contribution is -2.51. The van der Waals surface area contributed by atoms with E-state index in [1.54, 1.807) is 7.05 Å². The summed E-state index contributed by atoms with van der Waals surface area (Å²) < 4.78 is 5.67. The van der Waals surface area contributed by atoms with Crippen LogP contribution in [0.4, 0.5) is 0 Å². The number of morpholine rings is 1. The van der Waals surface area contributed by atoms with Gasteiger partial charge in [-0.3, -0.25) is 19.6 Å². The molecule has 178 valence electrons. The molecule has 0 saturated carbocycles. The number of ether oxygens (including phenoxy) is 1. The highest BCUT2D eigenvalue weighted by atomic mass is 16.6. The molecule has 1 unspecified atom stereocenters. The molecule has 2 aromatic carbocycles. The number of benzene rings is 2. The number of Topliss-reactive ketones (excluding diaryl/α,β-unsaturated/α-hetero) is 1. The van der Waals surface area contributed by atoms with E-state index in [1.165, 1.54) is 0 Å². The normalized spacial score (nSPS) is 18.0. The van der Waals surface area contributed by atoms with Crippen LogP contribution in [0.1, 0.15) is 17.5 Å². The van der Waals surface area contributed by atoms with Gasteiger partial charge in [-0.25, -0.2) is 5.06 Å². The first-order chi connectivity index (χ1) is 16.5. The maximum Gasteiger partial charge on any atom is 0.275 e. The highest BCUT2D eigenvalue weighted by Crippen LogP contribution is 2.27. The first kappa shape index (κ1) is 23.7. The van der Waals surface area contributed by atoms with Gasteiger partial charge in [0.05, 0.1) is 19.1 Å². The molecular weight excluding hydrogens is 434 g/mol. The van der Waals surface area contributed by atoms with Crippen LogP contribution in [0.25, 0.3) is 10.9 Å². The third-order valence-corrected chi connectivity index (χ3v) is 6.38. The van der Waals surface area contributed by atoms with E-state index in [0.29, 0.717) is 11.5 Å². The zero-order chi connectivity index (χ0) is 24.1. The standard InChI is InChI=1S/C26H29N3O5/c1-27-25(31)18(14-19-16-28-22-10-6-5-9-20(19)22)15-23(30)21(13-17-7-3-2-4-8-17)24-26(32)29(33)11-12-34-24/h2-10,16,18,21,24,28,33H,11-15H2,1H3,(H,27,31)/t18-,21+,24?/m1/s1. The maximum atomic E-state index is 13.6. The van der Waals surface area contributed by atoms with Gasteiger partial charge in [-0.15, -0.1) is 0 Å². The van der Waals surface area contributed by atoms with E-state index in [-0.39, 0.29) is 37.7 Å². The smallest absolute Gasteiger partial charge is 0.275 e. The Hall–Kier alpha value is -3.49. The second-order valence-corrected chi connectivity index (χ2v) is 8.59. The fourth-order valence-corrected chi connectivity index (χ4v) is 4.56. The van der Waals surface area contributed by atoms with Gasteiger partial charge in [0, 0.05) is 36.5 Å². The largest absolute Gasteiger partial charge is 0.366 e. The second-order valence-electron chi connectivity index (χ2n) is 8.59. The molecule has 0 aliphatic carbocycles. The van der Waals surface area contributed by atoms with Crippen LogP contribution in [0.3, 0.4) is 0 Å². The molecule has 1 aliphatic heterocycles. The van der Waals surface area contributed by atoms with Gasteiger partial charge in [0.1, 0.15) is 11.9 Å². The minimum Gasteiger partial charge on any atom is -0.366 e. The zero-order valence-corrected chi connectivity index (χ0v) is 19.1. The van der Waals surface area contributed by atoms with E-state index in [2.05, 4.69) is 10.3 Å². The number of H-pyrrole nitrogens is 1. The predicted octanol–water partition coefficient (Wildman–Crippen LogP) is 2.51. The Labute approximate surface area is 197 Å². The minimum absolute atomic E-state index is 0.0464. The minimum atomic E-state index is -1.09. The van der Waals surface area contributed by atoms with E-state index in [9.17, 15) is 19.6 Å². The SMILES string of the molecule is CNC(=O)[C@@H](CC(=O)[C@H](Cc1ccccc1)C1OCCN(O)C1=O)Cc1c[nH]c2ccccc12. The number of fused-ring (bicyclic) bond motifs is 1. The van der Waals surface area contributed by atoms with Crippen molar-refractivity contribution in [2.75, 3.05) is 20.2 Å². The number of carbonyl (C=O) groups is 3. The highest BCUT2D eigenvalue weighted by molar-refractivity contribution is 5.93. The van der Waals surface area contributed by atoms with Crippen LogP contribution in [-0.2, 0) is 32.0 Å². The zero-order valence-electron chi connectivity index (χ0n) is 19.1. The molecule has 0 spiro atoms. The molecule has 8 nitrogen and oxygen atoms in total. The number of hydrogen-bond acceptors (Lipinski definition) is 5. The predicted molar refractivity (Wildman–Crippen MR) is 126 cm³/mol. The van der Waals surface area contributed by atoms with Crippen LogP contribution < -0.4 is 5.32 Å². The number of aromatic nitrogens is 1. The Kier molecular flexibility index (Phi) is 7.40. The summed E-state index contributed by atoms with van der Waals surface area (Å²) in [5, 5.41) is 14.2. The van der Waals surface area contributed by atoms with Crippen molar-refractivity contribution in [3.63, 3.8) is 0 Å². The third-order valence-electron chi connectivity index (χ3n) is 6.38. The second kappa shape index (κ2) is 10.6. The number of para-hydroxylation sites is 1. The van der Waals surface area contributed by atoms with Crippen LogP contribution >= 0.6 is 0 Å². The average molecular weight is 464 g/mol. The molecule has 34 heavy (non-hydrogen) atoms. The molecule has 3 N–H and O–H groups in total. The van der Waals surface area contributed by atoms with Crippen molar-refractivity contribution in [3.8, 4) is 0 Å². The third kappa shape index (κ3) is 5.18. The highest BCUT2D eigenvalue weighted by Gasteiger charge is 2.40. The maximum absolute atomic E-state index is 13.6. The number of carbonyl (C=O) groups excluding carboxylic acids is 3. The van der Waals surface area contributed by atoms with Gasteiger partial charge in [0.15, 0.2) is 0 Å². The van der Waals surface area contributed by atoms with E-state index >= 15 is 0 Å². The summed E-state index contributed by atoms with van der Waals surface area (Å²) in [6, 6.07) is 17.2. The van der Waals surface area contributed by atoms with Crippen molar-refractivity contribution in [2.45, 2.75) is 25.4 Å². The van der Waals surface area contributed by atoms with Crippen molar-refractivity contribution < 1.29 is 24.3 Å². The topological polar surface area (TPSA) is 112 Å². The Bertz CT molecular complexity index is 1160. The molecule has 4 rings (SSSR count). The van der Waals surface area contributed by atoms with Crippen LogP contribution in [0.2, 0.25) is 0 Å². The molecule has 1 saturated heterocycles. The fraction of sp³-hybridized carbons (Fsp3) is 0.346. The van der Waals surface area contributed by atoms with Crippen molar-refractivity contribution >= 4 is 28.5 Å². The average Bonchev–Trinajstić information content (AvgIpc) is 3.27. The number of nitrogens with one attached hydrogen (secondary N) is 2. The van der Waals surface area contributed by atoms with E-state index < -0.39 is 23.8 Å². The van der Waals surface area contributed by atoms with Crippen LogP contribution in [0.5, 0.6) is 0 Å². The number of hydrogen-bond donors (Lipinski definition) is 3. The number of ketones is 1. The lowest BCUT2D eigenvalue weighted by atomic mass is 9.83. The van der Waals surface area contributed by atoms with E-state index in [1.807, 2.05) is 60.8 Å². The summed E-state index contributed by atoms with van der Waals surface area (Å²) in [7, 11) is 1.55. The molecule has 3 aromatic rings. The lowest BCUT2D eigenvalue weighted by Gasteiger charge is -2.33. The summed E-state index contributed by atoms with van der Waals surface area (Å²) >= 11 is 0. The van der Waals surface area contributed by atoms with Crippen molar-refractivity contribution in [2.24, 2.45) is 11.8 Å². The summed E-state index contributed by atoms with van der Waals surface area (Å²) in [5.41, 5.74) is 2.79. The molecule has 1 aromatic heterocycles. The molecule has 0 radical (unpaired) electrons. The summed E-state index contributed by atoms with van der Waals surface area (Å²) in [6.07, 6.45) is 1.38. The molecule has 3 atom stereocenters. The van der Waals surface area contributed by atoms with Gasteiger partial charge in [-0.1, -0.05) is 48.5 Å². The molecule has 1 aliphatic rings. The van der Waals surface area contributed by atoms with Crippen LogP contribution in [-0.4, -0.2) is 59.2 Å². The van der Waals surface area contributed by atoms with Gasteiger partial charge in [0.2, 0.25) is 5.91 Å². The van der Waals surface area contributed by atoms with Crippen LogP contribution in [0, 0.1) is 11.8 Å². The van der Waals surface area contributed by atoms with Crippen LogP contribution in [0.15, 0.2) is 60.8 Å². The van der Waals surface area contributed by atoms with Gasteiger partial charge in [-0.05, 0) is 30.0 Å². The molecule has 1 fully saturated rings.